The number of hydrogen-bond acceptors (Lipinski definition) is 5. The summed E-state index contributed by atoms with van der Waals surface area (Å²) in [5, 5.41) is 6.32. The summed E-state index contributed by atoms with van der Waals surface area (Å²) in [6, 6.07) is 4.97. The van der Waals surface area contributed by atoms with Gasteiger partial charge in [-0.1, -0.05) is 0 Å². The lowest BCUT2D eigenvalue weighted by molar-refractivity contribution is -0.118. The fourth-order valence-electron chi connectivity index (χ4n) is 3.64. The number of hydrogen-bond donors (Lipinski definition) is 2. The summed E-state index contributed by atoms with van der Waals surface area (Å²) in [6.07, 6.45) is 3.00. The first-order chi connectivity index (χ1) is 11.9. The zero-order valence-electron chi connectivity index (χ0n) is 15.1. The first kappa shape index (κ1) is 17.7. The molecule has 25 heavy (non-hydrogen) atoms. The highest BCUT2D eigenvalue weighted by Gasteiger charge is 2.57. The smallest absolute Gasteiger partial charge is 0.337 e. The average Bonchev–Trinajstić information content (AvgIpc) is 3.29. The number of anilines is 1. The van der Waals surface area contributed by atoms with Gasteiger partial charge in [0.15, 0.2) is 0 Å². The van der Waals surface area contributed by atoms with Gasteiger partial charge in [0.05, 0.1) is 24.5 Å². The molecule has 1 aliphatic carbocycles. The number of benzene rings is 1. The lowest BCUT2D eigenvalue weighted by atomic mass is 9.92. The van der Waals surface area contributed by atoms with E-state index in [4.69, 9.17) is 9.47 Å². The SMILES string of the molecule is COC(=O)c1ccc(OC(C)C)c(NC(=O)C2CC23CCNCC3)c1. The molecule has 0 aromatic heterocycles. The van der Waals surface area contributed by atoms with Gasteiger partial charge in [-0.15, -0.1) is 0 Å². The molecule has 0 bridgehead atoms. The molecule has 1 spiro atoms. The quantitative estimate of drug-likeness (QED) is 0.802. The topological polar surface area (TPSA) is 76.7 Å². The Morgan fingerprint density at radius 3 is 2.64 bits per heavy atom. The minimum absolute atomic E-state index is 0.0116. The van der Waals surface area contributed by atoms with Crippen LogP contribution in [-0.4, -0.2) is 38.2 Å². The summed E-state index contributed by atoms with van der Waals surface area (Å²) >= 11 is 0. The Bertz CT molecular complexity index is 665. The standard InChI is InChI=1S/C19H26N2O4/c1-12(2)25-16-5-4-13(18(23)24-3)10-15(16)21-17(22)14-11-19(14)6-8-20-9-7-19/h4-5,10,12,14,20H,6-9,11H2,1-3H3,(H,21,22). The van der Waals surface area contributed by atoms with Crippen molar-refractivity contribution in [1.29, 1.82) is 0 Å². The van der Waals surface area contributed by atoms with Crippen molar-refractivity contribution in [2.75, 3.05) is 25.5 Å². The second kappa shape index (κ2) is 7.04. The first-order valence-electron chi connectivity index (χ1n) is 8.86. The molecule has 1 amide bonds. The van der Waals surface area contributed by atoms with Crippen molar-refractivity contribution in [2.45, 2.75) is 39.2 Å². The first-order valence-corrected chi connectivity index (χ1v) is 8.86. The molecule has 1 unspecified atom stereocenters. The van der Waals surface area contributed by atoms with E-state index in [0.29, 0.717) is 17.0 Å². The number of esters is 1. The number of amides is 1. The lowest BCUT2D eigenvalue weighted by Crippen LogP contribution is -2.31. The Kier molecular flexibility index (Phi) is 4.99. The maximum absolute atomic E-state index is 12.7. The van der Waals surface area contributed by atoms with Gasteiger partial charge < -0.3 is 20.1 Å². The number of methoxy groups -OCH3 is 1. The van der Waals surface area contributed by atoms with Gasteiger partial charge in [-0.2, -0.15) is 0 Å². The minimum atomic E-state index is -0.437. The molecule has 1 saturated heterocycles. The Labute approximate surface area is 148 Å². The van der Waals surface area contributed by atoms with Gasteiger partial charge in [0.2, 0.25) is 5.91 Å². The monoisotopic (exact) mass is 346 g/mol. The van der Waals surface area contributed by atoms with Crippen LogP contribution < -0.4 is 15.4 Å². The van der Waals surface area contributed by atoms with Crippen molar-refractivity contribution < 1.29 is 19.1 Å². The third-order valence-corrected chi connectivity index (χ3v) is 5.13. The summed E-state index contributed by atoms with van der Waals surface area (Å²) in [6.45, 7) is 5.79. The van der Waals surface area contributed by atoms with E-state index in [1.807, 2.05) is 13.8 Å². The van der Waals surface area contributed by atoms with Crippen LogP contribution >= 0.6 is 0 Å². The van der Waals surface area contributed by atoms with E-state index in [-0.39, 0.29) is 23.3 Å². The highest BCUT2D eigenvalue weighted by atomic mass is 16.5. The number of piperidine rings is 1. The number of carbonyl (C=O) groups is 2. The molecule has 1 saturated carbocycles. The number of carbonyl (C=O) groups excluding carboxylic acids is 2. The maximum atomic E-state index is 12.7. The molecule has 1 aliphatic heterocycles. The third kappa shape index (κ3) is 3.79. The van der Waals surface area contributed by atoms with Crippen molar-refractivity contribution in [3.63, 3.8) is 0 Å². The van der Waals surface area contributed by atoms with Crippen LogP contribution in [0.25, 0.3) is 0 Å². The van der Waals surface area contributed by atoms with E-state index < -0.39 is 5.97 Å². The van der Waals surface area contributed by atoms with E-state index in [0.717, 1.165) is 32.4 Å². The molecule has 2 N–H and O–H groups in total. The average molecular weight is 346 g/mol. The predicted molar refractivity (Wildman–Crippen MR) is 94.8 cm³/mol. The van der Waals surface area contributed by atoms with Crippen LogP contribution in [0.5, 0.6) is 5.75 Å². The van der Waals surface area contributed by atoms with Crippen LogP contribution in [0.3, 0.4) is 0 Å². The summed E-state index contributed by atoms with van der Waals surface area (Å²) in [4.78, 5) is 24.5. The Morgan fingerprint density at radius 2 is 2.00 bits per heavy atom. The Morgan fingerprint density at radius 1 is 1.28 bits per heavy atom. The van der Waals surface area contributed by atoms with Crippen LogP contribution in [0.2, 0.25) is 0 Å². The fourth-order valence-corrected chi connectivity index (χ4v) is 3.64. The molecule has 1 heterocycles. The number of nitrogens with one attached hydrogen (secondary N) is 2. The van der Waals surface area contributed by atoms with Crippen LogP contribution in [-0.2, 0) is 9.53 Å². The van der Waals surface area contributed by atoms with E-state index >= 15 is 0 Å². The predicted octanol–water partition coefficient (Wildman–Crippen LogP) is 2.59. The van der Waals surface area contributed by atoms with Crippen LogP contribution in [0.1, 0.15) is 43.5 Å². The molecule has 1 aromatic carbocycles. The molecule has 6 heteroatoms. The fraction of sp³-hybridized carbons (Fsp3) is 0.579. The van der Waals surface area contributed by atoms with Crippen LogP contribution in [0.4, 0.5) is 5.69 Å². The van der Waals surface area contributed by atoms with Crippen molar-refractivity contribution in [3.8, 4) is 5.75 Å². The van der Waals surface area contributed by atoms with Gasteiger partial charge in [-0.05, 0) is 69.8 Å². The van der Waals surface area contributed by atoms with E-state index in [9.17, 15) is 9.59 Å². The molecule has 2 aliphatic rings. The second-order valence-corrected chi connectivity index (χ2v) is 7.23. The van der Waals surface area contributed by atoms with Crippen LogP contribution in [0.15, 0.2) is 18.2 Å². The van der Waals surface area contributed by atoms with Gasteiger partial charge in [-0.3, -0.25) is 4.79 Å². The lowest BCUT2D eigenvalue weighted by Gasteiger charge is -2.23. The highest BCUT2D eigenvalue weighted by molar-refractivity contribution is 5.98. The number of ether oxygens (including phenoxy) is 2. The van der Waals surface area contributed by atoms with Crippen molar-refractivity contribution in [2.24, 2.45) is 11.3 Å². The third-order valence-electron chi connectivity index (χ3n) is 5.13. The van der Waals surface area contributed by atoms with Gasteiger partial charge in [0.1, 0.15) is 5.75 Å². The van der Waals surface area contributed by atoms with Crippen molar-refractivity contribution in [3.05, 3.63) is 23.8 Å². The van der Waals surface area contributed by atoms with E-state index in [2.05, 4.69) is 10.6 Å². The van der Waals surface area contributed by atoms with Gasteiger partial charge in [0, 0.05) is 5.92 Å². The summed E-state index contributed by atoms with van der Waals surface area (Å²) in [5.74, 6) is 0.185. The summed E-state index contributed by atoms with van der Waals surface area (Å²) < 4.78 is 10.5. The maximum Gasteiger partial charge on any atom is 0.337 e. The molecule has 1 atom stereocenters. The van der Waals surface area contributed by atoms with Crippen molar-refractivity contribution in [1.82, 2.24) is 5.32 Å². The normalized spacial score (nSPS) is 21.0. The Hall–Kier alpha value is -2.08. The van der Waals surface area contributed by atoms with Gasteiger partial charge >= 0.3 is 5.97 Å². The van der Waals surface area contributed by atoms with Gasteiger partial charge in [0.25, 0.3) is 0 Å². The zero-order valence-corrected chi connectivity index (χ0v) is 15.1. The Balaban J connectivity index is 1.77. The molecule has 0 radical (unpaired) electrons. The molecule has 2 fully saturated rings. The second-order valence-electron chi connectivity index (χ2n) is 7.23. The van der Waals surface area contributed by atoms with E-state index in [1.54, 1.807) is 18.2 Å². The molecule has 6 nitrogen and oxygen atoms in total. The molecule has 1 aromatic rings. The largest absolute Gasteiger partial charge is 0.489 e. The number of rotatable bonds is 5. The van der Waals surface area contributed by atoms with Gasteiger partial charge in [-0.25, -0.2) is 4.79 Å². The zero-order chi connectivity index (χ0) is 18.0. The highest BCUT2D eigenvalue weighted by Crippen LogP contribution is 2.58. The molecule has 3 rings (SSSR count). The van der Waals surface area contributed by atoms with Crippen LogP contribution in [0, 0.1) is 11.3 Å². The molecular weight excluding hydrogens is 320 g/mol. The summed E-state index contributed by atoms with van der Waals surface area (Å²) in [7, 11) is 1.34. The molecule has 136 valence electrons. The molecular formula is C19H26N2O4. The minimum Gasteiger partial charge on any atom is -0.489 e. The van der Waals surface area contributed by atoms with E-state index in [1.165, 1.54) is 7.11 Å². The summed E-state index contributed by atoms with van der Waals surface area (Å²) in [5.41, 5.74) is 1.08. The van der Waals surface area contributed by atoms with Crippen molar-refractivity contribution >= 4 is 17.6 Å².